The third kappa shape index (κ3) is 3.99. The van der Waals surface area contributed by atoms with Gasteiger partial charge < -0.3 is 4.90 Å². The van der Waals surface area contributed by atoms with Crippen molar-refractivity contribution in [2.75, 3.05) is 7.05 Å². The first-order chi connectivity index (χ1) is 14.8. The summed E-state index contributed by atoms with van der Waals surface area (Å²) in [6.07, 6.45) is 0. The van der Waals surface area contributed by atoms with Gasteiger partial charge in [-0.25, -0.2) is 0 Å². The van der Waals surface area contributed by atoms with Gasteiger partial charge in [0.2, 0.25) is 0 Å². The number of rotatable bonds is 5. The fourth-order valence-electron chi connectivity index (χ4n) is 3.94. The molecule has 3 aromatic rings. The van der Waals surface area contributed by atoms with E-state index in [4.69, 9.17) is 0 Å². The Morgan fingerprint density at radius 1 is 0.871 bits per heavy atom. The van der Waals surface area contributed by atoms with E-state index < -0.39 is 0 Å². The van der Waals surface area contributed by atoms with Crippen molar-refractivity contribution in [2.24, 2.45) is 0 Å². The Bertz CT molecular complexity index is 1160. The van der Waals surface area contributed by atoms with Gasteiger partial charge in [-0.2, -0.15) is 0 Å². The summed E-state index contributed by atoms with van der Waals surface area (Å²) in [6.45, 7) is 4.73. The monoisotopic (exact) mass is 412 g/mol. The molecule has 0 atom stereocenters. The maximum absolute atomic E-state index is 13.0. The van der Waals surface area contributed by atoms with Crippen molar-refractivity contribution in [1.82, 2.24) is 9.80 Å². The van der Waals surface area contributed by atoms with Crippen molar-refractivity contribution in [2.45, 2.75) is 26.9 Å². The molecular formula is C26H24N2O3. The molecule has 0 saturated carbocycles. The summed E-state index contributed by atoms with van der Waals surface area (Å²) < 4.78 is 0. The van der Waals surface area contributed by atoms with Crippen LogP contribution in [0.2, 0.25) is 0 Å². The summed E-state index contributed by atoms with van der Waals surface area (Å²) in [6, 6.07) is 20.1. The van der Waals surface area contributed by atoms with E-state index in [1.165, 1.54) is 10.5 Å². The van der Waals surface area contributed by atoms with Crippen LogP contribution in [0.15, 0.2) is 66.7 Å². The summed E-state index contributed by atoms with van der Waals surface area (Å²) in [7, 11) is 1.78. The highest BCUT2D eigenvalue weighted by Gasteiger charge is 2.35. The zero-order chi connectivity index (χ0) is 22.1. The minimum Gasteiger partial charge on any atom is -0.337 e. The topological polar surface area (TPSA) is 57.7 Å². The van der Waals surface area contributed by atoms with Crippen LogP contribution in [0.4, 0.5) is 0 Å². The molecule has 4 rings (SSSR count). The number of carbonyl (C=O) groups excluding carboxylic acids is 3. The highest BCUT2D eigenvalue weighted by Crippen LogP contribution is 2.24. The van der Waals surface area contributed by atoms with E-state index in [0.717, 1.165) is 16.7 Å². The second-order valence-electron chi connectivity index (χ2n) is 8.03. The third-order valence-electron chi connectivity index (χ3n) is 5.65. The van der Waals surface area contributed by atoms with Gasteiger partial charge in [0.05, 0.1) is 17.7 Å². The molecule has 31 heavy (non-hydrogen) atoms. The molecule has 0 unspecified atom stereocenters. The number of hydrogen-bond donors (Lipinski definition) is 0. The molecule has 1 aliphatic rings. The number of hydrogen-bond acceptors (Lipinski definition) is 3. The van der Waals surface area contributed by atoms with E-state index in [1.54, 1.807) is 54.4 Å². The van der Waals surface area contributed by atoms with Gasteiger partial charge in [-0.1, -0.05) is 48.0 Å². The molecule has 0 N–H and O–H groups in total. The van der Waals surface area contributed by atoms with E-state index >= 15 is 0 Å². The lowest BCUT2D eigenvalue weighted by Gasteiger charge is -2.20. The summed E-state index contributed by atoms with van der Waals surface area (Å²) in [5, 5.41) is 0. The van der Waals surface area contributed by atoms with Crippen LogP contribution in [0.3, 0.4) is 0 Å². The van der Waals surface area contributed by atoms with Gasteiger partial charge in [0.15, 0.2) is 0 Å². The molecule has 0 radical (unpaired) electrons. The lowest BCUT2D eigenvalue weighted by molar-refractivity contribution is 0.0642. The molecule has 0 fully saturated rings. The van der Waals surface area contributed by atoms with E-state index in [-0.39, 0.29) is 24.3 Å². The molecule has 3 aromatic carbocycles. The van der Waals surface area contributed by atoms with Gasteiger partial charge in [0.1, 0.15) is 0 Å². The standard InChI is InChI=1S/C26H24N2O3/c1-17-11-12-21(18(2)13-17)16-27(3)24(29)20-8-6-7-19(14-20)15-28-25(30)22-9-4-5-10-23(22)26(28)31/h4-14H,15-16H2,1-3H3. The molecule has 156 valence electrons. The van der Waals surface area contributed by atoms with Crippen LogP contribution in [0.25, 0.3) is 0 Å². The van der Waals surface area contributed by atoms with Gasteiger partial charge in [0, 0.05) is 19.2 Å². The minimum atomic E-state index is -0.302. The van der Waals surface area contributed by atoms with Crippen LogP contribution in [0.1, 0.15) is 53.3 Å². The molecule has 1 aliphatic heterocycles. The van der Waals surface area contributed by atoms with Gasteiger partial charge >= 0.3 is 0 Å². The third-order valence-corrected chi connectivity index (χ3v) is 5.65. The fourth-order valence-corrected chi connectivity index (χ4v) is 3.94. The molecule has 5 heteroatoms. The second kappa shape index (κ2) is 8.19. The molecule has 0 aromatic heterocycles. The molecule has 0 aliphatic carbocycles. The van der Waals surface area contributed by atoms with Gasteiger partial charge in [-0.15, -0.1) is 0 Å². The minimum absolute atomic E-state index is 0.107. The smallest absolute Gasteiger partial charge is 0.261 e. The summed E-state index contributed by atoms with van der Waals surface area (Å²) in [5.74, 6) is -0.710. The average molecular weight is 412 g/mol. The normalized spacial score (nSPS) is 12.8. The number of carbonyl (C=O) groups is 3. The van der Waals surface area contributed by atoms with Gasteiger partial charge in [-0.3, -0.25) is 19.3 Å². The number of fused-ring (bicyclic) bond motifs is 1. The Kier molecular flexibility index (Phi) is 5.42. The summed E-state index contributed by atoms with van der Waals surface area (Å²) >= 11 is 0. The van der Waals surface area contributed by atoms with Crippen molar-refractivity contribution in [1.29, 1.82) is 0 Å². The van der Waals surface area contributed by atoms with Crippen molar-refractivity contribution >= 4 is 17.7 Å². The number of imide groups is 1. The van der Waals surface area contributed by atoms with E-state index in [9.17, 15) is 14.4 Å². The summed E-state index contributed by atoms with van der Waals surface area (Å²) in [5.41, 5.74) is 5.56. The Labute approximate surface area is 181 Å². The number of aryl methyl sites for hydroxylation is 2. The fraction of sp³-hybridized carbons (Fsp3) is 0.192. The number of amides is 3. The van der Waals surface area contributed by atoms with Gasteiger partial charge in [0.25, 0.3) is 17.7 Å². The van der Waals surface area contributed by atoms with Gasteiger partial charge in [-0.05, 0) is 54.8 Å². The van der Waals surface area contributed by atoms with Crippen LogP contribution >= 0.6 is 0 Å². The molecule has 0 bridgehead atoms. The molecule has 0 spiro atoms. The predicted molar refractivity (Wildman–Crippen MR) is 119 cm³/mol. The quantitative estimate of drug-likeness (QED) is 0.585. The van der Waals surface area contributed by atoms with Crippen LogP contribution in [0, 0.1) is 13.8 Å². The summed E-state index contributed by atoms with van der Waals surface area (Å²) in [4.78, 5) is 41.2. The molecule has 1 heterocycles. The first-order valence-corrected chi connectivity index (χ1v) is 10.2. The van der Waals surface area contributed by atoms with E-state index in [0.29, 0.717) is 23.2 Å². The Morgan fingerprint density at radius 2 is 1.55 bits per heavy atom. The molecular weight excluding hydrogens is 388 g/mol. The zero-order valence-electron chi connectivity index (χ0n) is 17.9. The lowest BCUT2D eigenvalue weighted by atomic mass is 10.0. The SMILES string of the molecule is Cc1ccc(CN(C)C(=O)c2cccc(CN3C(=O)c4ccccc4C3=O)c2)c(C)c1. The highest BCUT2D eigenvalue weighted by molar-refractivity contribution is 6.21. The first-order valence-electron chi connectivity index (χ1n) is 10.2. The first kappa shape index (κ1) is 20.5. The maximum atomic E-state index is 13.0. The second-order valence-corrected chi connectivity index (χ2v) is 8.03. The largest absolute Gasteiger partial charge is 0.337 e. The maximum Gasteiger partial charge on any atom is 0.261 e. The number of benzene rings is 3. The van der Waals surface area contributed by atoms with Crippen molar-refractivity contribution in [3.05, 3.63) is 106 Å². The van der Waals surface area contributed by atoms with Crippen LogP contribution in [0.5, 0.6) is 0 Å². The molecule has 3 amide bonds. The predicted octanol–water partition coefficient (Wildman–Crippen LogP) is 4.37. The molecule has 5 nitrogen and oxygen atoms in total. The van der Waals surface area contributed by atoms with E-state index in [1.807, 2.05) is 32.0 Å². The van der Waals surface area contributed by atoms with E-state index in [2.05, 4.69) is 6.07 Å². The Balaban J connectivity index is 1.50. The highest BCUT2D eigenvalue weighted by atomic mass is 16.2. The molecule has 0 saturated heterocycles. The Morgan fingerprint density at radius 3 is 2.19 bits per heavy atom. The van der Waals surface area contributed by atoms with Crippen molar-refractivity contribution < 1.29 is 14.4 Å². The lowest BCUT2D eigenvalue weighted by Crippen LogP contribution is -2.29. The van der Waals surface area contributed by atoms with Crippen molar-refractivity contribution in [3.8, 4) is 0 Å². The van der Waals surface area contributed by atoms with Crippen LogP contribution in [-0.4, -0.2) is 34.6 Å². The average Bonchev–Trinajstić information content (AvgIpc) is 3.00. The van der Waals surface area contributed by atoms with Crippen molar-refractivity contribution in [3.63, 3.8) is 0 Å². The van der Waals surface area contributed by atoms with Crippen LogP contribution in [-0.2, 0) is 13.1 Å². The number of nitrogens with zero attached hydrogens (tertiary/aromatic N) is 2. The van der Waals surface area contributed by atoms with Crippen LogP contribution < -0.4 is 0 Å². The Hall–Kier alpha value is -3.73. The zero-order valence-corrected chi connectivity index (χ0v) is 17.9.